The quantitative estimate of drug-likeness (QED) is 0.812. The fourth-order valence-electron chi connectivity index (χ4n) is 1.56. The standard InChI is InChI=1S/C13H8BrNO2/c14-13-10(6-7-17-13)12(16)11(8-15)9-4-2-1-3-5-9/h1-7,11H. The van der Waals surface area contributed by atoms with Gasteiger partial charge in [-0.3, -0.25) is 4.79 Å². The van der Waals surface area contributed by atoms with E-state index >= 15 is 0 Å². The lowest BCUT2D eigenvalue weighted by Crippen LogP contribution is -2.10. The normalized spacial score (nSPS) is 11.8. The lowest BCUT2D eigenvalue weighted by molar-refractivity contribution is 0.0977. The van der Waals surface area contributed by atoms with Crippen molar-refractivity contribution < 1.29 is 9.21 Å². The van der Waals surface area contributed by atoms with E-state index in [2.05, 4.69) is 15.9 Å². The molecule has 0 bridgehead atoms. The van der Waals surface area contributed by atoms with Gasteiger partial charge in [-0.1, -0.05) is 30.3 Å². The summed E-state index contributed by atoms with van der Waals surface area (Å²) in [6.07, 6.45) is 1.41. The Morgan fingerprint density at radius 3 is 2.53 bits per heavy atom. The van der Waals surface area contributed by atoms with Crippen molar-refractivity contribution in [2.24, 2.45) is 0 Å². The molecule has 0 fully saturated rings. The van der Waals surface area contributed by atoms with Crippen LogP contribution < -0.4 is 0 Å². The Morgan fingerprint density at radius 1 is 1.29 bits per heavy atom. The summed E-state index contributed by atoms with van der Waals surface area (Å²) in [7, 11) is 0. The van der Waals surface area contributed by atoms with Gasteiger partial charge >= 0.3 is 0 Å². The maximum atomic E-state index is 12.1. The molecule has 0 saturated heterocycles. The molecule has 1 atom stereocenters. The highest BCUT2D eigenvalue weighted by Gasteiger charge is 2.24. The zero-order valence-electron chi connectivity index (χ0n) is 8.76. The van der Waals surface area contributed by atoms with Gasteiger partial charge in [0.2, 0.25) is 0 Å². The summed E-state index contributed by atoms with van der Waals surface area (Å²) in [5.41, 5.74) is 1.08. The number of nitriles is 1. The minimum absolute atomic E-state index is 0.265. The van der Waals surface area contributed by atoms with Crippen LogP contribution in [-0.4, -0.2) is 5.78 Å². The molecule has 17 heavy (non-hydrogen) atoms. The van der Waals surface area contributed by atoms with Crippen LogP contribution in [0.15, 0.2) is 51.7 Å². The van der Waals surface area contributed by atoms with Crippen molar-refractivity contribution in [3.8, 4) is 6.07 Å². The number of Topliss-reactive ketones (excluding diaryl/α,β-unsaturated/α-hetero) is 1. The average molecular weight is 290 g/mol. The minimum atomic E-state index is -0.801. The molecule has 0 radical (unpaired) electrons. The maximum absolute atomic E-state index is 12.1. The van der Waals surface area contributed by atoms with E-state index in [9.17, 15) is 4.79 Å². The predicted molar refractivity (Wildman–Crippen MR) is 65.5 cm³/mol. The number of halogens is 1. The number of hydrogen-bond acceptors (Lipinski definition) is 3. The molecule has 0 aliphatic carbocycles. The molecular weight excluding hydrogens is 282 g/mol. The molecule has 2 aromatic rings. The molecule has 1 aromatic carbocycles. The Kier molecular flexibility index (Phi) is 3.40. The van der Waals surface area contributed by atoms with E-state index in [0.717, 1.165) is 0 Å². The van der Waals surface area contributed by atoms with E-state index in [1.165, 1.54) is 6.26 Å². The second kappa shape index (κ2) is 4.98. The first-order chi connectivity index (χ1) is 8.24. The van der Waals surface area contributed by atoms with E-state index in [-0.39, 0.29) is 5.78 Å². The third kappa shape index (κ3) is 2.29. The Hall–Kier alpha value is -1.86. The van der Waals surface area contributed by atoms with E-state index in [4.69, 9.17) is 9.68 Å². The summed E-state index contributed by atoms with van der Waals surface area (Å²) in [6.45, 7) is 0. The second-order valence-corrected chi connectivity index (χ2v) is 4.17. The van der Waals surface area contributed by atoms with Gasteiger partial charge in [-0.05, 0) is 27.6 Å². The molecule has 0 saturated carbocycles. The third-order valence-corrected chi connectivity index (χ3v) is 3.02. The highest BCUT2D eigenvalue weighted by atomic mass is 79.9. The Labute approximate surface area is 107 Å². The Morgan fingerprint density at radius 2 is 2.00 bits per heavy atom. The highest BCUT2D eigenvalue weighted by Crippen LogP contribution is 2.25. The van der Waals surface area contributed by atoms with Crippen molar-refractivity contribution in [1.82, 2.24) is 0 Å². The molecule has 2 rings (SSSR count). The number of carbonyl (C=O) groups excluding carboxylic acids is 1. The largest absolute Gasteiger partial charge is 0.457 e. The van der Waals surface area contributed by atoms with E-state index in [1.54, 1.807) is 30.3 Å². The summed E-state index contributed by atoms with van der Waals surface area (Å²) in [5, 5.41) is 9.12. The fourth-order valence-corrected chi connectivity index (χ4v) is 1.99. The molecule has 3 nitrogen and oxygen atoms in total. The maximum Gasteiger partial charge on any atom is 0.188 e. The van der Waals surface area contributed by atoms with Crippen molar-refractivity contribution in [2.75, 3.05) is 0 Å². The van der Waals surface area contributed by atoms with Crippen molar-refractivity contribution >= 4 is 21.7 Å². The number of carbonyl (C=O) groups is 1. The summed E-state index contributed by atoms with van der Waals surface area (Å²) >= 11 is 3.14. The van der Waals surface area contributed by atoms with E-state index in [0.29, 0.717) is 15.8 Å². The molecular formula is C13H8BrNO2. The van der Waals surface area contributed by atoms with E-state index in [1.807, 2.05) is 12.1 Å². The first kappa shape index (κ1) is 11.6. The summed E-state index contributed by atoms with van der Waals surface area (Å²) in [4.78, 5) is 12.1. The number of rotatable bonds is 3. The number of benzene rings is 1. The number of nitrogens with zero attached hydrogens (tertiary/aromatic N) is 1. The summed E-state index contributed by atoms with van der Waals surface area (Å²) < 4.78 is 5.36. The number of hydrogen-bond donors (Lipinski definition) is 0. The van der Waals surface area contributed by atoms with Crippen molar-refractivity contribution in [3.05, 3.63) is 58.5 Å². The fraction of sp³-hybridized carbons (Fsp3) is 0.0769. The Balaban J connectivity index is 2.36. The first-order valence-electron chi connectivity index (χ1n) is 4.96. The van der Waals surface area contributed by atoms with Crippen molar-refractivity contribution in [2.45, 2.75) is 5.92 Å². The monoisotopic (exact) mass is 289 g/mol. The first-order valence-corrected chi connectivity index (χ1v) is 5.75. The molecule has 1 aromatic heterocycles. The Bertz CT molecular complexity index is 569. The van der Waals surface area contributed by atoms with Crippen LogP contribution in [0, 0.1) is 11.3 Å². The zero-order valence-corrected chi connectivity index (χ0v) is 10.3. The molecule has 84 valence electrons. The smallest absolute Gasteiger partial charge is 0.188 e. The molecule has 4 heteroatoms. The van der Waals surface area contributed by atoms with Gasteiger partial charge in [-0.15, -0.1) is 0 Å². The van der Waals surface area contributed by atoms with Gasteiger partial charge in [0.05, 0.1) is 17.9 Å². The van der Waals surface area contributed by atoms with Crippen molar-refractivity contribution in [3.63, 3.8) is 0 Å². The number of furan rings is 1. The molecule has 0 amide bonds. The topological polar surface area (TPSA) is 54.0 Å². The second-order valence-electron chi connectivity index (χ2n) is 3.45. The summed E-state index contributed by atoms with van der Waals surface area (Å²) in [6, 6.07) is 12.6. The highest BCUT2D eigenvalue weighted by molar-refractivity contribution is 9.10. The van der Waals surface area contributed by atoms with Crippen LogP contribution in [-0.2, 0) is 0 Å². The van der Waals surface area contributed by atoms with Gasteiger partial charge in [-0.2, -0.15) is 5.26 Å². The molecule has 0 aliphatic heterocycles. The van der Waals surface area contributed by atoms with E-state index < -0.39 is 5.92 Å². The van der Waals surface area contributed by atoms with Crippen LogP contribution in [0.5, 0.6) is 0 Å². The molecule has 0 aliphatic rings. The van der Waals surface area contributed by atoms with Crippen molar-refractivity contribution in [1.29, 1.82) is 5.26 Å². The molecule has 1 heterocycles. The van der Waals surface area contributed by atoms with Gasteiger partial charge in [0.15, 0.2) is 10.5 Å². The van der Waals surface area contributed by atoms with Gasteiger partial charge in [0.1, 0.15) is 5.92 Å². The zero-order chi connectivity index (χ0) is 12.3. The summed E-state index contributed by atoms with van der Waals surface area (Å²) in [5.74, 6) is -1.07. The SMILES string of the molecule is N#CC(C(=O)c1ccoc1Br)c1ccccc1. The molecule has 1 unspecified atom stereocenters. The van der Waals surface area contributed by atoms with Gasteiger partial charge in [-0.25, -0.2) is 0 Å². The average Bonchev–Trinajstić information content (AvgIpc) is 2.77. The molecule has 0 N–H and O–H groups in total. The third-order valence-electron chi connectivity index (χ3n) is 2.41. The molecule has 0 spiro atoms. The van der Waals surface area contributed by atoms with Gasteiger partial charge in [0, 0.05) is 0 Å². The van der Waals surface area contributed by atoms with Crippen LogP contribution in [0.1, 0.15) is 21.8 Å². The van der Waals surface area contributed by atoms with Crippen LogP contribution in [0.3, 0.4) is 0 Å². The van der Waals surface area contributed by atoms with Gasteiger partial charge < -0.3 is 4.42 Å². The van der Waals surface area contributed by atoms with Crippen LogP contribution in [0.25, 0.3) is 0 Å². The van der Waals surface area contributed by atoms with Crippen LogP contribution in [0.2, 0.25) is 0 Å². The van der Waals surface area contributed by atoms with Crippen LogP contribution >= 0.6 is 15.9 Å². The lowest BCUT2D eigenvalue weighted by Gasteiger charge is -2.06. The van der Waals surface area contributed by atoms with Gasteiger partial charge in [0.25, 0.3) is 0 Å². The lowest BCUT2D eigenvalue weighted by atomic mass is 9.93. The predicted octanol–water partition coefficient (Wildman–Crippen LogP) is 3.53. The number of ketones is 1. The minimum Gasteiger partial charge on any atom is -0.457 e. The van der Waals surface area contributed by atoms with Crippen LogP contribution in [0.4, 0.5) is 0 Å².